The number of hydrogen-bond donors (Lipinski definition) is 1. The maximum Gasteiger partial charge on any atom is 0.232 e. The van der Waals surface area contributed by atoms with Crippen molar-refractivity contribution in [2.75, 3.05) is 0 Å². The van der Waals surface area contributed by atoms with Gasteiger partial charge in [-0.05, 0) is 12.8 Å². The Kier molecular flexibility index (Phi) is 3.02. The molecule has 0 spiro atoms. The molecule has 19 heavy (non-hydrogen) atoms. The Morgan fingerprint density at radius 2 is 1.89 bits per heavy atom. The second kappa shape index (κ2) is 4.70. The van der Waals surface area contributed by atoms with Crippen LogP contribution in [0.5, 0.6) is 0 Å². The summed E-state index contributed by atoms with van der Waals surface area (Å²) >= 11 is 0. The van der Waals surface area contributed by atoms with Crippen molar-refractivity contribution in [3.63, 3.8) is 0 Å². The van der Waals surface area contributed by atoms with E-state index in [1.807, 2.05) is 0 Å². The molecular formula is C13H11F3N2O. The van der Waals surface area contributed by atoms with Crippen LogP contribution in [0.2, 0.25) is 0 Å². The molecule has 3 rings (SSSR count). The van der Waals surface area contributed by atoms with Crippen LogP contribution in [0.25, 0.3) is 11.5 Å². The van der Waals surface area contributed by atoms with Gasteiger partial charge in [0.1, 0.15) is 29.3 Å². The molecule has 0 unspecified atom stereocenters. The minimum absolute atomic E-state index is 0.178. The van der Waals surface area contributed by atoms with Gasteiger partial charge in [0.2, 0.25) is 5.89 Å². The lowest BCUT2D eigenvalue weighted by molar-refractivity contribution is 0.524. The van der Waals surface area contributed by atoms with Crippen LogP contribution in [0.3, 0.4) is 0 Å². The molecule has 1 aliphatic rings. The summed E-state index contributed by atoms with van der Waals surface area (Å²) in [6, 6.07) is 1.70. The van der Waals surface area contributed by atoms with Crippen LogP contribution in [0.15, 0.2) is 22.8 Å². The first kappa shape index (κ1) is 12.2. The second-order valence-electron chi connectivity index (χ2n) is 4.54. The molecule has 0 saturated heterocycles. The fourth-order valence-electron chi connectivity index (χ4n) is 1.79. The van der Waals surface area contributed by atoms with E-state index in [1.165, 1.54) is 6.26 Å². The first-order valence-electron chi connectivity index (χ1n) is 5.96. The predicted molar refractivity (Wildman–Crippen MR) is 61.7 cm³/mol. The van der Waals surface area contributed by atoms with Gasteiger partial charge in [0.15, 0.2) is 0 Å². The minimum Gasteiger partial charge on any atom is -0.444 e. The molecule has 1 aromatic carbocycles. The first-order chi connectivity index (χ1) is 9.13. The zero-order chi connectivity index (χ0) is 13.4. The van der Waals surface area contributed by atoms with Crippen molar-refractivity contribution in [3.05, 3.63) is 41.5 Å². The number of rotatable bonds is 4. The highest BCUT2D eigenvalue weighted by Crippen LogP contribution is 2.26. The number of halogens is 3. The summed E-state index contributed by atoms with van der Waals surface area (Å²) in [4.78, 5) is 4.00. The molecule has 1 heterocycles. The molecule has 1 aliphatic carbocycles. The molecule has 0 atom stereocenters. The van der Waals surface area contributed by atoms with Crippen molar-refractivity contribution < 1.29 is 17.6 Å². The Morgan fingerprint density at radius 1 is 1.21 bits per heavy atom. The van der Waals surface area contributed by atoms with Crippen molar-refractivity contribution in [3.8, 4) is 11.5 Å². The lowest BCUT2D eigenvalue weighted by atomic mass is 10.2. The third kappa shape index (κ3) is 2.63. The molecule has 2 aromatic rings. The van der Waals surface area contributed by atoms with Gasteiger partial charge >= 0.3 is 0 Å². The fraction of sp³-hybridized carbons (Fsp3) is 0.308. The van der Waals surface area contributed by atoms with Gasteiger partial charge < -0.3 is 9.73 Å². The van der Waals surface area contributed by atoms with E-state index in [-0.39, 0.29) is 5.89 Å². The van der Waals surface area contributed by atoms with Crippen LogP contribution in [0.1, 0.15) is 18.5 Å². The summed E-state index contributed by atoms with van der Waals surface area (Å²) < 4.78 is 44.9. The van der Waals surface area contributed by atoms with E-state index < -0.39 is 23.0 Å². The predicted octanol–water partition coefficient (Wildman–Crippen LogP) is 3.01. The Labute approximate surface area is 107 Å². The molecule has 1 saturated carbocycles. The number of hydrogen-bond acceptors (Lipinski definition) is 3. The number of benzene rings is 1. The summed E-state index contributed by atoms with van der Waals surface area (Å²) in [5, 5.41) is 3.21. The molecule has 1 aromatic heterocycles. The van der Waals surface area contributed by atoms with Crippen LogP contribution in [0.4, 0.5) is 13.2 Å². The number of nitrogens with zero attached hydrogens (tertiary/aromatic N) is 1. The molecule has 1 fully saturated rings. The van der Waals surface area contributed by atoms with Gasteiger partial charge in [0, 0.05) is 24.7 Å². The van der Waals surface area contributed by atoms with E-state index in [9.17, 15) is 13.2 Å². The smallest absolute Gasteiger partial charge is 0.232 e. The van der Waals surface area contributed by atoms with E-state index in [0.717, 1.165) is 12.8 Å². The Bertz CT molecular complexity index is 585. The van der Waals surface area contributed by atoms with Crippen molar-refractivity contribution >= 4 is 0 Å². The molecule has 6 heteroatoms. The highest BCUT2D eigenvalue weighted by molar-refractivity contribution is 5.55. The topological polar surface area (TPSA) is 38.1 Å². The summed E-state index contributed by atoms with van der Waals surface area (Å²) in [7, 11) is 0. The number of nitrogens with one attached hydrogen (secondary N) is 1. The first-order valence-corrected chi connectivity index (χ1v) is 5.96. The van der Waals surface area contributed by atoms with Gasteiger partial charge in [0.25, 0.3) is 0 Å². The van der Waals surface area contributed by atoms with E-state index in [2.05, 4.69) is 10.3 Å². The molecule has 1 N–H and O–H groups in total. The van der Waals surface area contributed by atoms with Gasteiger partial charge in [-0.1, -0.05) is 0 Å². The van der Waals surface area contributed by atoms with Gasteiger partial charge in [-0.2, -0.15) is 0 Å². The normalized spacial score (nSPS) is 14.9. The molecule has 0 radical (unpaired) electrons. The highest BCUT2D eigenvalue weighted by atomic mass is 19.1. The zero-order valence-electron chi connectivity index (χ0n) is 9.92. The molecule has 100 valence electrons. The largest absolute Gasteiger partial charge is 0.444 e. The van der Waals surface area contributed by atoms with E-state index >= 15 is 0 Å². The third-order valence-electron chi connectivity index (χ3n) is 2.92. The Balaban J connectivity index is 1.85. The zero-order valence-corrected chi connectivity index (χ0v) is 9.92. The van der Waals surface area contributed by atoms with Gasteiger partial charge in [0.05, 0.1) is 5.69 Å². The SMILES string of the molecule is Fc1cc(F)c(-c2nc(CNC3CC3)co2)c(F)c1. The second-order valence-corrected chi connectivity index (χ2v) is 4.54. The number of oxazole rings is 1. The van der Waals surface area contributed by atoms with Crippen LogP contribution in [0, 0.1) is 17.5 Å². The maximum absolute atomic E-state index is 13.5. The number of aromatic nitrogens is 1. The molecule has 0 amide bonds. The highest BCUT2D eigenvalue weighted by Gasteiger charge is 2.22. The monoisotopic (exact) mass is 268 g/mol. The van der Waals surface area contributed by atoms with Crippen molar-refractivity contribution in [1.29, 1.82) is 0 Å². The van der Waals surface area contributed by atoms with E-state index in [4.69, 9.17) is 4.42 Å². The quantitative estimate of drug-likeness (QED) is 0.926. The molecule has 0 aliphatic heterocycles. The lowest BCUT2D eigenvalue weighted by Crippen LogP contribution is -2.15. The van der Waals surface area contributed by atoms with Crippen LogP contribution in [-0.2, 0) is 6.54 Å². The summed E-state index contributed by atoms with van der Waals surface area (Å²) in [5.41, 5.74) is 0.115. The van der Waals surface area contributed by atoms with Crippen molar-refractivity contribution in [1.82, 2.24) is 10.3 Å². The lowest BCUT2D eigenvalue weighted by Gasteiger charge is -2.00. The Hall–Kier alpha value is -1.82. The molecular weight excluding hydrogens is 257 g/mol. The van der Waals surface area contributed by atoms with Crippen molar-refractivity contribution in [2.24, 2.45) is 0 Å². The summed E-state index contributed by atoms with van der Waals surface area (Å²) in [6.45, 7) is 0.485. The van der Waals surface area contributed by atoms with Gasteiger partial charge in [-0.15, -0.1) is 0 Å². The minimum atomic E-state index is -1.03. The Morgan fingerprint density at radius 3 is 2.53 bits per heavy atom. The maximum atomic E-state index is 13.5. The van der Waals surface area contributed by atoms with Crippen LogP contribution in [-0.4, -0.2) is 11.0 Å². The van der Waals surface area contributed by atoms with E-state index in [0.29, 0.717) is 30.4 Å². The van der Waals surface area contributed by atoms with Crippen LogP contribution >= 0.6 is 0 Å². The average molecular weight is 268 g/mol. The van der Waals surface area contributed by atoms with E-state index in [1.54, 1.807) is 0 Å². The fourth-order valence-corrected chi connectivity index (χ4v) is 1.79. The molecule has 0 bridgehead atoms. The van der Waals surface area contributed by atoms with Gasteiger partial charge in [-0.25, -0.2) is 18.2 Å². The standard InChI is InChI=1S/C13H11F3N2O/c14-7-3-10(15)12(11(16)4-7)13-18-9(6-19-13)5-17-8-1-2-8/h3-4,6,8,17H,1-2,5H2. The summed E-state index contributed by atoms with van der Waals surface area (Å²) in [5.74, 6) is -3.20. The van der Waals surface area contributed by atoms with Gasteiger partial charge in [-0.3, -0.25) is 0 Å². The summed E-state index contributed by atoms with van der Waals surface area (Å²) in [6.07, 6.45) is 3.60. The van der Waals surface area contributed by atoms with Crippen molar-refractivity contribution in [2.45, 2.75) is 25.4 Å². The third-order valence-corrected chi connectivity index (χ3v) is 2.92. The van der Waals surface area contributed by atoms with Crippen LogP contribution < -0.4 is 5.32 Å². The average Bonchev–Trinajstić information content (AvgIpc) is 3.05. The molecule has 3 nitrogen and oxygen atoms in total.